The minimum absolute atomic E-state index is 0.0425. The Morgan fingerprint density at radius 2 is 1.67 bits per heavy atom. The molecule has 1 heterocycles. The van der Waals surface area contributed by atoms with Crippen LogP contribution >= 0.6 is 11.6 Å². The molecule has 1 aliphatic carbocycles. The van der Waals surface area contributed by atoms with Crippen molar-refractivity contribution in [1.29, 1.82) is 0 Å². The number of carbonyl (C=O) groups is 1. The van der Waals surface area contributed by atoms with Crippen molar-refractivity contribution in [3.8, 4) is 0 Å². The lowest BCUT2D eigenvalue weighted by atomic mass is 9.81. The second kappa shape index (κ2) is 10.4. The molecule has 1 saturated heterocycles. The molecule has 0 unspecified atom stereocenters. The predicted octanol–water partition coefficient (Wildman–Crippen LogP) is 3.50. The van der Waals surface area contributed by atoms with Crippen LogP contribution in [0.25, 0.3) is 0 Å². The van der Waals surface area contributed by atoms with Crippen molar-refractivity contribution in [2.75, 3.05) is 31.2 Å². The van der Waals surface area contributed by atoms with Gasteiger partial charge in [0.05, 0.1) is 22.5 Å². The van der Waals surface area contributed by atoms with Crippen LogP contribution in [0.3, 0.4) is 0 Å². The van der Waals surface area contributed by atoms with Crippen LogP contribution in [0.2, 0.25) is 5.02 Å². The van der Waals surface area contributed by atoms with Crippen LogP contribution in [0.1, 0.15) is 31.2 Å². The first-order valence-electron chi connectivity index (χ1n) is 11.5. The Hall–Kier alpha value is -2.08. The maximum atomic E-state index is 14.9. The van der Waals surface area contributed by atoms with Gasteiger partial charge in [-0.25, -0.2) is 25.6 Å². The van der Waals surface area contributed by atoms with E-state index >= 15 is 0 Å². The van der Waals surface area contributed by atoms with Gasteiger partial charge in [-0.15, -0.1) is 0 Å². The average Bonchev–Trinajstić information content (AvgIpc) is 2.84. The van der Waals surface area contributed by atoms with Crippen molar-refractivity contribution in [2.45, 2.75) is 41.4 Å². The third kappa shape index (κ3) is 5.44. The lowest BCUT2D eigenvalue weighted by Gasteiger charge is -2.40. The normalized spacial score (nSPS) is 24.4. The molecule has 2 fully saturated rings. The molecule has 0 spiro atoms. The Balaban J connectivity index is 1.53. The molecule has 1 amide bonds. The number of rotatable bonds is 6. The molecule has 7 nitrogen and oxygen atoms in total. The molecule has 0 bridgehead atoms. The van der Waals surface area contributed by atoms with Crippen molar-refractivity contribution < 1.29 is 35.1 Å². The quantitative estimate of drug-likeness (QED) is 0.535. The minimum atomic E-state index is -4.17. The van der Waals surface area contributed by atoms with Crippen molar-refractivity contribution >= 4 is 37.2 Å². The third-order valence-electron chi connectivity index (χ3n) is 6.94. The van der Waals surface area contributed by atoms with E-state index < -0.39 is 42.2 Å². The van der Waals surface area contributed by atoms with Crippen LogP contribution in [0.15, 0.2) is 47.4 Å². The first-order chi connectivity index (χ1) is 16.9. The lowest BCUT2D eigenvalue weighted by Crippen LogP contribution is -2.46. The highest BCUT2D eigenvalue weighted by molar-refractivity contribution is 7.92. The lowest BCUT2D eigenvalue weighted by molar-refractivity contribution is -0.138. The molecule has 1 saturated carbocycles. The summed E-state index contributed by atoms with van der Waals surface area (Å²) in [4.78, 5) is 13.8. The summed E-state index contributed by atoms with van der Waals surface area (Å²) < 4.78 is 83.9. The predicted molar refractivity (Wildman–Crippen MR) is 130 cm³/mol. The topological polar surface area (TPSA) is 97.8 Å². The van der Waals surface area contributed by atoms with Gasteiger partial charge in [-0.05, 0) is 68.1 Å². The number of benzene rings is 2. The Morgan fingerprint density at radius 1 is 1.06 bits per heavy atom. The molecule has 2 aliphatic rings. The fraction of sp³-hybridized carbons (Fsp3) is 0.458. The fourth-order valence-corrected chi connectivity index (χ4v) is 8.33. The summed E-state index contributed by atoms with van der Waals surface area (Å²) in [5.74, 6) is -2.08. The monoisotopic (exact) mass is 561 g/mol. The SMILES string of the molecule is O=C(CO[C@H]1CC[C@@](c2cc(F)ccc2F)(S(=O)(=O)c2ccc(Cl)cc2)CC1)N1CCS(=O)(=O)CC1. The average molecular weight is 562 g/mol. The largest absolute Gasteiger partial charge is 0.368 e. The molecule has 0 N–H and O–H groups in total. The summed E-state index contributed by atoms with van der Waals surface area (Å²) >= 11 is 5.91. The third-order valence-corrected chi connectivity index (χ3v) is 11.3. The zero-order valence-electron chi connectivity index (χ0n) is 19.3. The van der Waals surface area contributed by atoms with Gasteiger partial charge in [0.25, 0.3) is 0 Å². The zero-order chi connectivity index (χ0) is 26.1. The molecule has 196 valence electrons. The smallest absolute Gasteiger partial charge is 0.248 e. The van der Waals surface area contributed by atoms with Crippen LogP contribution < -0.4 is 0 Å². The molecule has 12 heteroatoms. The summed E-state index contributed by atoms with van der Waals surface area (Å²) in [5, 5.41) is 0.341. The molecule has 4 rings (SSSR count). The molecule has 2 aromatic rings. The molecule has 0 atom stereocenters. The van der Waals surface area contributed by atoms with Gasteiger partial charge in [-0.2, -0.15) is 0 Å². The minimum Gasteiger partial charge on any atom is -0.368 e. The summed E-state index contributed by atoms with van der Waals surface area (Å²) in [7, 11) is -7.29. The summed E-state index contributed by atoms with van der Waals surface area (Å²) in [6, 6.07) is 8.33. The van der Waals surface area contributed by atoms with E-state index in [9.17, 15) is 30.4 Å². The summed E-state index contributed by atoms with van der Waals surface area (Å²) in [6.45, 7) is -0.0526. The van der Waals surface area contributed by atoms with E-state index in [0.717, 1.165) is 18.2 Å². The number of amides is 1. The van der Waals surface area contributed by atoms with Gasteiger partial charge in [0.1, 0.15) is 23.0 Å². The van der Waals surface area contributed by atoms with Gasteiger partial charge in [-0.1, -0.05) is 11.6 Å². The maximum Gasteiger partial charge on any atom is 0.248 e. The zero-order valence-corrected chi connectivity index (χ0v) is 21.7. The number of halogens is 3. The first-order valence-corrected chi connectivity index (χ1v) is 15.2. The van der Waals surface area contributed by atoms with Crippen LogP contribution in [0, 0.1) is 11.6 Å². The van der Waals surface area contributed by atoms with Crippen molar-refractivity contribution in [2.24, 2.45) is 0 Å². The standard InChI is InChI=1S/C24H26ClF2NO6S2/c25-17-1-4-20(5-2-17)36(32,33)24(21-15-18(26)3-6-22(21)27)9-7-19(8-10-24)34-16-23(29)28-11-13-35(30,31)14-12-28/h1-6,15,19H,7-14,16H2/t19-,24+. The Labute approximate surface area is 214 Å². The number of sulfone groups is 2. The van der Waals surface area contributed by atoms with Crippen LogP contribution in [-0.4, -0.2) is 64.9 Å². The Bertz CT molecular complexity index is 1330. The highest BCUT2D eigenvalue weighted by Gasteiger charge is 2.50. The Kier molecular flexibility index (Phi) is 7.76. The van der Waals surface area contributed by atoms with Gasteiger partial charge in [-0.3, -0.25) is 4.79 Å². The molecular weight excluding hydrogens is 536 g/mol. The number of ether oxygens (including phenoxy) is 1. The van der Waals surface area contributed by atoms with Gasteiger partial charge >= 0.3 is 0 Å². The molecular formula is C24H26ClF2NO6S2. The van der Waals surface area contributed by atoms with Crippen LogP contribution in [0.4, 0.5) is 8.78 Å². The van der Waals surface area contributed by atoms with E-state index in [1.54, 1.807) is 0 Å². The van der Waals surface area contributed by atoms with Crippen LogP contribution in [0.5, 0.6) is 0 Å². The van der Waals surface area contributed by atoms with E-state index in [4.69, 9.17) is 16.3 Å². The van der Waals surface area contributed by atoms with Gasteiger partial charge < -0.3 is 9.64 Å². The van der Waals surface area contributed by atoms with Crippen molar-refractivity contribution in [3.05, 3.63) is 64.7 Å². The molecule has 0 aromatic heterocycles. The van der Waals surface area contributed by atoms with Gasteiger partial charge in [0.15, 0.2) is 19.7 Å². The van der Waals surface area contributed by atoms with Gasteiger partial charge in [0, 0.05) is 23.7 Å². The molecule has 36 heavy (non-hydrogen) atoms. The van der Waals surface area contributed by atoms with Crippen LogP contribution in [-0.2, 0) is 34.0 Å². The van der Waals surface area contributed by atoms with E-state index in [0.29, 0.717) is 5.02 Å². The fourth-order valence-electron chi connectivity index (χ4n) is 4.84. The number of hydrogen-bond donors (Lipinski definition) is 0. The first kappa shape index (κ1) is 27.0. The second-order valence-electron chi connectivity index (χ2n) is 9.12. The van der Waals surface area contributed by atoms with Gasteiger partial charge in [0.2, 0.25) is 5.91 Å². The number of carbonyl (C=O) groups excluding carboxylic acids is 1. The second-order valence-corrected chi connectivity index (χ2v) is 14.1. The molecule has 1 aliphatic heterocycles. The summed E-state index contributed by atoms with van der Waals surface area (Å²) in [6.07, 6.45) is -0.152. The summed E-state index contributed by atoms with van der Waals surface area (Å²) in [5.41, 5.74) is -0.235. The highest BCUT2D eigenvalue weighted by atomic mass is 35.5. The van der Waals surface area contributed by atoms with E-state index in [-0.39, 0.29) is 73.3 Å². The number of nitrogens with zero attached hydrogens (tertiary/aromatic N) is 1. The maximum absolute atomic E-state index is 14.9. The Morgan fingerprint density at radius 3 is 2.28 bits per heavy atom. The van der Waals surface area contributed by atoms with E-state index in [1.807, 2.05) is 0 Å². The van der Waals surface area contributed by atoms with E-state index in [1.165, 1.54) is 29.2 Å². The number of hydrogen-bond acceptors (Lipinski definition) is 6. The van der Waals surface area contributed by atoms with Crippen molar-refractivity contribution in [3.63, 3.8) is 0 Å². The molecule has 0 radical (unpaired) electrons. The highest BCUT2D eigenvalue weighted by Crippen LogP contribution is 2.48. The van der Waals surface area contributed by atoms with E-state index in [2.05, 4.69) is 0 Å². The molecule has 2 aromatic carbocycles. The van der Waals surface area contributed by atoms with Crippen molar-refractivity contribution in [1.82, 2.24) is 4.90 Å².